The Kier molecular flexibility index (Phi) is 5.60. The third-order valence-electron chi connectivity index (χ3n) is 2.80. The molecule has 0 heterocycles. The maximum atomic E-state index is 8.50. The maximum Gasteiger partial charge on any atom is 0.174 e. The van der Waals surface area contributed by atoms with Crippen molar-refractivity contribution < 1.29 is 4.74 Å². The quantitative estimate of drug-likeness (QED) is 0.879. The molecule has 0 aromatic heterocycles. The van der Waals surface area contributed by atoms with Gasteiger partial charge in [0.25, 0.3) is 0 Å². The van der Waals surface area contributed by atoms with Crippen molar-refractivity contribution in [1.29, 1.82) is 5.26 Å². The first kappa shape index (κ1) is 14.6. The zero-order valence-electron chi connectivity index (χ0n) is 11.0. The summed E-state index contributed by atoms with van der Waals surface area (Å²) in [5, 5.41) is 11.9. The molecule has 2 rings (SSSR count). The van der Waals surface area contributed by atoms with Crippen LogP contribution in [0.3, 0.4) is 0 Å². The summed E-state index contributed by atoms with van der Waals surface area (Å²) in [6.07, 6.45) is 0. The highest BCUT2D eigenvalue weighted by Crippen LogP contribution is 2.16. The van der Waals surface area contributed by atoms with Crippen LogP contribution < -0.4 is 10.1 Å². The first-order valence-corrected chi connectivity index (χ1v) is 7.11. The average Bonchev–Trinajstić information content (AvgIpc) is 2.48. The second-order valence-corrected chi connectivity index (χ2v) is 5.14. The SMILES string of the molecule is N#CCOc1cccc(CNCc2ccccc2Br)c1. The van der Waals surface area contributed by atoms with E-state index in [4.69, 9.17) is 10.00 Å². The summed E-state index contributed by atoms with van der Waals surface area (Å²) in [7, 11) is 0. The number of nitrogens with zero attached hydrogens (tertiary/aromatic N) is 1. The highest BCUT2D eigenvalue weighted by Gasteiger charge is 2.00. The smallest absolute Gasteiger partial charge is 0.174 e. The molecule has 0 saturated carbocycles. The van der Waals surface area contributed by atoms with Gasteiger partial charge in [-0.2, -0.15) is 5.26 Å². The first-order valence-electron chi connectivity index (χ1n) is 6.32. The molecular weight excluding hydrogens is 316 g/mol. The Morgan fingerprint density at radius 2 is 1.95 bits per heavy atom. The van der Waals surface area contributed by atoms with Crippen molar-refractivity contribution in [2.75, 3.05) is 6.61 Å². The van der Waals surface area contributed by atoms with E-state index in [1.54, 1.807) is 0 Å². The molecular formula is C16H15BrN2O. The molecule has 0 saturated heterocycles. The minimum Gasteiger partial charge on any atom is -0.479 e. The van der Waals surface area contributed by atoms with Crippen LogP contribution in [0.25, 0.3) is 0 Å². The fourth-order valence-corrected chi connectivity index (χ4v) is 2.27. The Labute approximate surface area is 127 Å². The van der Waals surface area contributed by atoms with Crippen LogP contribution in [0.4, 0.5) is 0 Å². The molecule has 0 aliphatic heterocycles. The number of ether oxygens (including phenoxy) is 1. The maximum absolute atomic E-state index is 8.50. The van der Waals surface area contributed by atoms with Gasteiger partial charge in [0.1, 0.15) is 11.8 Å². The largest absolute Gasteiger partial charge is 0.479 e. The van der Waals surface area contributed by atoms with E-state index < -0.39 is 0 Å². The Balaban J connectivity index is 1.88. The Morgan fingerprint density at radius 3 is 2.75 bits per heavy atom. The lowest BCUT2D eigenvalue weighted by Gasteiger charge is -2.08. The van der Waals surface area contributed by atoms with Crippen molar-refractivity contribution in [2.45, 2.75) is 13.1 Å². The Morgan fingerprint density at radius 1 is 1.10 bits per heavy atom. The fourth-order valence-electron chi connectivity index (χ4n) is 1.84. The van der Waals surface area contributed by atoms with Crippen LogP contribution in [-0.2, 0) is 13.1 Å². The van der Waals surface area contributed by atoms with Crippen LogP contribution in [0.15, 0.2) is 53.0 Å². The Hall–Kier alpha value is -1.83. The summed E-state index contributed by atoms with van der Waals surface area (Å²) < 4.78 is 6.39. The van der Waals surface area contributed by atoms with Crippen LogP contribution in [0.5, 0.6) is 5.75 Å². The van der Waals surface area contributed by atoms with E-state index >= 15 is 0 Å². The first-order chi connectivity index (χ1) is 9.79. The van der Waals surface area contributed by atoms with Crippen molar-refractivity contribution in [2.24, 2.45) is 0 Å². The van der Waals surface area contributed by atoms with Gasteiger partial charge in [-0.25, -0.2) is 0 Å². The van der Waals surface area contributed by atoms with E-state index in [0.29, 0.717) is 0 Å². The van der Waals surface area contributed by atoms with E-state index in [9.17, 15) is 0 Å². The van der Waals surface area contributed by atoms with E-state index in [0.717, 1.165) is 28.9 Å². The van der Waals surface area contributed by atoms with E-state index in [1.807, 2.05) is 48.5 Å². The molecule has 0 unspecified atom stereocenters. The predicted octanol–water partition coefficient (Wildman–Crippen LogP) is 3.64. The van der Waals surface area contributed by atoms with Gasteiger partial charge in [-0.05, 0) is 29.3 Å². The molecule has 0 aliphatic carbocycles. The van der Waals surface area contributed by atoms with Crippen LogP contribution in [0, 0.1) is 11.3 Å². The third-order valence-corrected chi connectivity index (χ3v) is 3.58. The van der Waals surface area contributed by atoms with Gasteiger partial charge in [0.15, 0.2) is 6.61 Å². The predicted molar refractivity (Wildman–Crippen MR) is 82.2 cm³/mol. The van der Waals surface area contributed by atoms with Gasteiger partial charge in [-0.3, -0.25) is 0 Å². The van der Waals surface area contributed by atoms with Crippen LogP contribution in [0.1, 0.15) is 11.1 Å². The lowest BCUT2D eigenvalue weighted by atomic mass is 10.2. The highest BCUT2D eigenvalue weighted by atomic mass is 79.9. The van der Waals surface area contributed by atoms with Crippen molar-refractivity contribution in [3.63, 3.8) is 0 Å². The number of nitriles is 1. The van der Waals surface area contributed by atoms with Gasteiger partial charge in [0.05, 0.1) is 0 Å². The number of hydrogen-bond donors (Lipinski definition) is 1. The molecule has 2 aromatic rings. The van der Waals surface area contributed by atoms with Gasteiger partial charge in [-0.1, -0.05) is 46.3 Å². The molecule has 4 heteroatoms. The van der Waals surface area contributed by atoms with Crippen molar-refractivity contribution in [1.82, 2.24) is 5.32 Å². The van der Waals surface area contributed by atoms with Crippen LogP contribution in [0.2, 0.25) is 0 Å². The van der Waals surface area contributed by atoms with Gasteiger partial charge in [0, 0.05) is 17.6 Å². The summed E-state index contributed by atoms with van der Waals surface area (Å²) >= 11 is 3.53. The number of halogens is 1. The molecule has 2 aromatic carbocycles. The molecule has 0 amide bonds. The fraction of sp³-hybridized carbons (Fsp3) is 0.188. The minimum atomic E-state index is 0.0772. The molecule has 0 radical (unpaired) electrons. The summed E-state index contributed by atoms with van der Waals surface area (Å²) in [6, 6.07) is 17.9. The number of rotatable bonds is 6. The van der Waals surface area contributed by atoms with E-state index in [2.05, 4.69) is 27.3 Å². The monoisotopic (exact) mass is 330 g/mol. The lowest BCUT2D eigenvalue weighted by Crippen LogP contribution is -2.13. The molecule has 0 fully saturated rings. The molecule has 3 nitrogen and oxygen atoms in total. The second-order valence-electron chi connectivity index (χ2n) is 4.29. The third kappa shape index (κ3) is 4.37. The summed E-state index contributed by atoms with van der Waals surface area (Å²) in [6.45, 7) is 1.63. The van der Waals surface area contributed by atoms with Gasteiger partial charge in [0.2, 0.25) is 0 Å². The molecule has 1 N–H and O–H groups in total. The highest BCUT2D eigenvalue weighted by molar-refractivity contribution is 9.10. The number of hydrogen-bond acceptors (Lipinski definition) is 3. The summed E-state index contributed by atoms with van der Waals surface area (Å²) in [5.74, 6) is 0.728. The van der Waals surface area contributed by atoms with E-state index in [-0.39, 0.29) is 6.61 Å². The van der Waals surface area contributed by atoms with Crippen molar-refractivity contribution in [3.8, 4) is 11.8 Å². The standard InChI is InChI=1S/C16H15BrN2O/c17-16-7-2-1-5-14(16)12-19-11-13-4-3-6-15(10-13)20-9-8-18/h1-7,10,19H,9,11-12H2. The van der Waals surface area contributed by atoms with Gasteiger partial charge < -0.3 is 10.1 Å². The summed E-state index contributed by atoms with van der Waals surface area (Å²) in [5.41, 5.74) is 2.36. The zero-order chi connectivity index (χ0) is 14.2. The zero-order valence-corrected chi connectivity index (χ0v) is 12.6. The molecule has 0 spiro atoms. The molecule has 0 atom stereocenters. The molecule has 0 bridgehead atoms. The van der Waals surface area contributed by atoms with Gasteiger partial charge >= 0.3 is 0 Å². The van der Waals surface area contributed by atoms with Crippen LogP contribution in [-0.4, -0.2) is 6.61 Å². The molecule has 102 valence electrons. The van der Waals surface area contributed by atoms with Gasteiger partial charge in [-0.15, -0.1) is 0 Å². The van der Waals surface area contributed by atoms with E-state index in [1.165, 1.54) is 5.56 Å². The minimum absolute atomic E-state index is 0.0772. The average molecular weight is 331 g/mol. The normalized spacial score (nSPS) is 10.0. The lowest BCUT2D eigenvalue weighted by molar-refractivity contribution is 0.367. The van der Waals surface area contributed by atoms with Crippen molar-refractivity contribution in [3.05, 3.63) is 64.1 Å². The number of benzene rings is 2. The number of nitrogens with one attached hydrogen (secondary N) is 1. The second kappa shape index (κ2) is 7.68. The van der Waals surface area contributed by atoms with Crippen molar-refractivity contribution >= 4 is 15.9 Å². The Bertz CT molecular complexity index is 607. The van der Waals surface area contributed by atoms with Crippen LogP contribution >= 0.6 is 15.9 Å². The molecule has 20 heavy (non-hydrogen) atoms. The molecule has 0 aliphatic rings. The topological polar surface area (TPSA) is 45.0 Å². The summed E-state index contributed by atoms with van der Waals surface area (Å²) in [4.78, 5) is 0.